The zero-order valence-electron chi connectivity index (χ0n) is 14.0. The zero-order valence-corrected chi connectivity index (χ0v) is 14.0. The van der Waals surface area contributed by atoms with E-state index in [9.17, 15) is 0 Å². The lowest BCUT2D eigenvalue weighted by Gasteiger charge is -2.46. The van der Waals surface area contributed by atoms with Gasteiger partial charge in [0.1, 0.15) is 0 Å². The van der Waals surface area contributed by atoms with Crippen molar-refractivity contribution in [2.24, 2.45) is 17.8 Å². The molecule has 0 spiro atoms. The fourth-order valence-corrected chi connectivity index (χ4v) is 4.63. The molecule has 3 fully saturated rings. The maximum Gasteiger partial charge on any atom is 0.0507 e. The number of hydrogen-bond acceptors (Lipinski definition) is 3. The molecule has 122 valence electrons. The van der Waals surface area contributed by atoms with Gasteiger partial charge in [0.2, 0.25) is 0 Å². The molecule has 0 radical (unpaired) electrons. The van der Waals surface area contributed by atoms with Crippen LogP contribution >= 0.6 is 0 Å². The van der Waals surface area contributed by atoms with Crippen LogP contribution in [-0.2, 0) is 4.74 Å². The maximum atomic E-state index is 5.60. The van der Waals surface area contributed by atoms with Crippen molar-refractivity contribution in [1.82, 2.24) is 10.2 Å². The van der Waals surface area contributed by atoms with Crippen molar-refractivity contribution in [2.75, 3.05) is 32.8 Å². The molecular formula is C18H34N2O. The lowest BCUT2D eigenvalue weighted by atomic mass is 9.82. The first-order chi connectivity index (χ1) is 10.2. The summed E-state index contributed by atoms with van der Waals surface area (Å²) in [4.78, 5) is 2.81. The molecule has 0 aromatic heterocycles. The van der Waals surface area contributed by atoms with Crippen molar-refractivity contribution in [3.63, 3.8) is 0 Å². The summed E-state index contributed by atoms with van der Waals surface area (Å²) < 4.78 is 5.60. The van der Waals surface area contributed by atoms with E-state index in [2.05, 4.69) is 24.1 Å². The van der Waals surface area contributed by atoms with Crippen LogP contribution in [0.1, 0.15) is 52.4 Å². The summed E-state index contributed by atoms with van der Waals surface area (Å²) >= 11 is 0. The average molecular weight is 294 g/mol. The molecule has 3 heteroatoms. The molecule has 0 aromatic carbocycles. The smallest absolute Gasteiger partial charge is 0.0507 e. The number of rotatable bonds is 4. The highest BCUT2D eigenvalue weighted by Gasteiger charge is 2.35. The van der Waals surface area contributed by atoms with Crippen molar-refractivity contribution < 1.29 is 4.74 Å². The van der Waals surface area contributed by atoms with E-state index in [1.807, 2.05) is 0 Å². The average Bonchev–Trinajstić information content (AvgIpc) is 3.01. The van der Waals surface area contributed by atoms with Crippen molar-refractivity contribution >= 4 is 0 Å². The van der Waals surface area contributed by atoms with E-state index < -0.39 is 0 Å². The molecule has 0 amide bonds. The minimum atomic E-state index is 0.713. The molecule has 2 heterocycles. The number of piperazine rings is 1. The summed E-state index contributed by atoms with van der Waals surface area (Å²) in [6.45, 7) is 10.4. The van der Waals surface area contributed by atoms with Crippen LogP contribution in [0.25, 0.3) is 0 Å². The summed E-state index contributed by atoms with van der Waals surface area (Å²) in [6, 6.07) is 1.45. The van der Waals surface area contributed by atoms with Crippen LogP contribution in [0.2, 0.25) is 0 Å². The molecule has 0 aromatic rings. The van der Waals surface area contributed by atoms with E-state index >= 15 is 0 Å². The molecule has 1 saturated carbocycles. The Labute approximate surface area is 130 Å². The second-order valence-corrected chi connectivity index (χ2v) is 7.91. The van der Waals surface area contributed by atoms with Gasteiger partial charge in [-0.05, 0) is 37.0 Å². The van der Waals surface area contributed by atoms with E-state index in [-0.39, 0.29) is 0 Å². The molecule has 21 heavy (non-hydrogen) atoms. The highest BCUT2D eigenvalue weighted by Crippen LogP contribution is 2.30. The van der Waals surface area contributed by atoms with Crippen LogP contribution in [0.3, 0.4) is 0 Å². The summed E-state index contributed by atoms with van der Waals surface area (Å²) in [6.07, 6.45) is 8.53. The van der Waals surface area contributed by atoms with Gasteiger partial charge >= 0.3 is 0 Å². The van der Waals surface area contributed by atoms with Crippen LogP contribution in [0.4, 0.5) is 0 Å². The predicted molar refractivity (Wildman–Crippen MR) is 87.5 cm³/mol. The van der Waals surface area contributed by atoms with Crippen LogP contribution in [-0.4, -0.2) is 49.8 Å². The third-order valence-electron chi connectivity index (χ3n) is 5.99. The van der Waals surface area contributed by atoms with E-state index in [0.29, 0.717) is 6.04 Å². The standard InChI is InChI=1S/C18H34N2O/c1-14(2)18-10-19-17(16-6-4-3-5-7-16)12-20(18)11-15-8-9-21-13-15/h14-19H,3-13H2,1-2H3. The van der Waals surface area contributed by atoms with E-state index in [1.54, 1.807) is 0 Å². The minimum absolute atomic E-state index is 0.713. The number of ether oxygens (including phenoxy) is 1. The Hall–Kier alpha value is -0.120. The third-order valence-corrected chi connectivity index (χ3v) is 5.99. The Bertz CT molecular complexity index is 308. The van der Waals surface area contributed by atoms with Gasteiger partial charge in [-0.1, -0.05) is 33.1 Å². The molecule has 3 rings (SSSR count). The van der Waals surface area contributed by atoms with Gasteiger partial charge in [-0.15, -0.1) is 0 Å². The highest BCUT2D eigenvalue weighted by molar-refractivity contribution is 4.92. The topological polar surface area (TPSA) is 24.5 Å². The van der Waals surface area contributed by atoms with E-state index in [0.717, 1.165) is 37.0 Å². The molecule has 3 atom stereocenters. The minimum Gasteiger partial charge on any atom is -0.381 e. The molecule has 3 unspecified atom stereocenters. The molecular weight excluding hydrogens is 260 g/mol. The van der Waals surface area contributed by atoms with E-state index in [4.69, 9.17) is 4.74 Å². The molecule has 2 saturated heterocycles. The van der Waals surface area contributed by atoms with Gasteiger partial charge in [0.25, 0.3) is 0 Å². The maximum absolute atomic E-state index is 5.60. The first-order valence-corrected chi connectivity index (χ1v) is 9.29. The van der Waals surface area contributed by atoms with Gasteiger partial charge in [0.15, 0.2) is 0 Å². The van der Waals surface area contributed by atoms with Crippen LogP contribution in [0, 0.1) is 17.8 Å². The normalized spacial score (nSPS) is 36.4. The fraction of sp³-hybridized carbons (Fsp3) is 1.00. The van der Waals surface area contributed by atoms with Gasteiger partial charge < -0.3 is 10.1 Å². The Balaban J connectivity index is 1.60. The fourth-order valence-electron chi connectivity index (χ4n) is 4.63. The molecule has 3 aliphatic rings. The van der Waals surface area contributed by atoms with Gasteiger partial charge in [0.05, 0.1) is 6.61 Å². The van der Waals surface area contributed by atoms with Crippen molar-refractivity contribution in [3.05, 3.63) is 0 Å². The van der Waals surface area contributed by atoms with Crippen LogP contribution < -0.4 is 5.32 Å². The van der Waals surface area contributed by atoms with Crippen LogP contribution in [0.15, 0.2) is 0 Å². The third kappa shape index (κ3) is 4.00. The zero-order chi connectivity index (χ0) is 14.7. The Morgan fingerprint density at radius 2 is 1.95 bits per heavy atom. The molecule has 0 bridgehead atoms. The lowest BCUT2D eigenvalue weighted by molar-refractivity contribution is 0.0561. The predicted octanol–water partition coefficient (Wildman–Crippen LogP) is 2.90. The van der Waals surface area contributed by atoms with Crippen molar-refractivity contribution in [1.29, 1.82) is 0 Å². The Kier molecular flexibility index (Phi) is 5.58. The Morgan fingerprint density at radius 3 is 2.62 bits per heavy atom. The quantitative estimate of drug-likeness (QED) is 0.863. The Morgan fingerprint density at radius 1 is 1.14 bits per heavy atom. The van der Waals surface area contributed by atoms with E-state index in [1.165, 1.54) is 58.2 Å². The first kappa shape index (κ1) is 15.8. The number of nitrogens with one attached hydrogen (secondary N) is 1. The molecule has 1 aliphatic carbocycles. The molecule has 2 aliphatic heterocycles. The molecule has 3 nitrogen and oxygen atoms in total. The SMILES string of the molecule is CC(C)C1CNC(C2CCCCC2)CN1CC1CCOC1. The number of hydrogen-bond donors (Lipinski definition) is 1. The second-order valence-electron chi connectivity index (χ2n) is 7.91. The number of nitrogens with zero attached hydrogens (tertiary/aromatic N) is 1. The first-order valence-electron chi connectivity index (χ1n) is 9.29. The summed E-state index contributed by atoms with van der Waals surface area (Å²) in [5, 5.41) is 3.90. The molecule has 1 N–H and O–H groups in total. The van der Waals surface area contributed by atoms with Crippen molar-refractivity contribution in [3.8, 4) is 0 Å². The second kappa shape index (κ2) is 7.43. The van der Waals surface area contributed by atoms with Crippen LogP contribution in [0.5, 0.6) is 0 Å². The summed E-state index contributed by atoms with van der Waals surface area (Å²) in [5.74, 6) is 2.44. The summed E-state index contributed by atoms with van der Waals surface area (Å²) in [5.41, 5.74) is 0. The largest absolute Gasteiger partial charge is 0.381 e. The van der Waals surface area contributed by atoms with Crippen molar-refractivity contribution in [2.45, 2.75) is 64.5 Å². The van der Waals surface area contributed by atoms with Gasteiger partial charge in [-0.3, -0.25) is 4.90 Å². The highest BCUT2D eigenvalue weighted by atomic mass is 16.5. The van der Waals surface area contributed by atoms with Gasteiger partial charge in [-0.25, -0.2) is 0 Å². The van der Waals surface area contributed by atoms with Gasteiger partial charge in [-0.2, -0.15) is 0 Å². The van der Waals surface area contributed by atoms with Gasteiger partial charge in [0, 0.05) is 38.3 Å². The lowest BCUT2D eigenvalue weighted by Crippen LogP contribution is -2.61. The summed E-state index contributed by atoms with van der Waals surface area (Å²) in [7, 11) is 0. The monoisotopic (exact) mass is 294 g/mol.